The summed E-state index contributed by atoms with van der Waals surface area (Å²) in [4.78, 5) is 10.9. The van der Waals surface area contributed by atoms with Gasteiger partial charge in [0.25, 0.3) is 0 Å². The minimum atomic E-state index is -0.797. The van der Waals surface area contributed by atoms with E-state index in [0.29, 0.717) is 17.2 Å². The van der Waals surface area contributed by atoms with E-state index in [1.165, 1.54) is 33.5 Å². The number of ether oxygens (including phenoxy) is 3. The Labute approximate surface area is 83.8 Å². The molecule has 1 aromatic carbocycles. The first-order chi connectivity index (χ1) is 7.13. The molecule has 0 amide bonds. The number of hydrogen-bond donors (Lipinski definition) is 0. The molecule has 0 saturated heterocycles. The zero-order valence-corrected chi connectivity index (χ0v) is 8.29. The average molecular weight is 197 g/mol. The summed E-state index contributed by atoms with van der Waals surface area (Å²) in [5.41, 5.74) is 0.199. The van der Waals surface area contributed by atoms with Gasteiger partial charge in [0.2, 0.25) is 5.75 Å². The van der Waals surface area contributed by atoms with Crippen molar-refractivity contribution in [3.63, 3.8) is 0 Å². The number of hydrogen-bond acceptors (Lipinski definition) is 4. The molecule has 0 bridgehead atoms. The van der Waals surface area contributed by atoms with Crippen LogP contribution in [-0.4, -0.2) is 27.6 Å². The standard InChI is InChI=1S/C10H12O4/c1-12-8-4-7(6-11)5-9(13-2)10(8)14-3/h4-6H,1-3H3/i6D. The second-order valence-corrected chi connectivity index (χ2v) is 2.52. The van der Waals surface area contributed by atoms with E-state index in [1.807, 2.05) is 0 Å². The summed E-state index contributed by atoms with van der Waals surface area (Å²) in [6.45, 7) is 0. The lowest BCUT2D eigenvalue weighted by Crippen LogP contribution is -1.96. The van der Waals surface area contributed by atoms with Gasteiger partial charge in [-0.3, -0.25) is 4.79 Å². The van der Waals surface area contributed by atoms with E-state index in [1.54, 1.807) is 0 Å². The van der Waals surface area contributed by atoms with Crippen molar-refractivity contribution in [2.75, 3.05) is 21.3 Å². The third-order valence-electron chi connectivity index (χ3n) is 1.78. The minimum Gasteiger partial charge on any atom is -0.493 e. The Kier molecular flexibility index (Phi) is 2.85. The van der Waals surface area contributed by atoms with Crippen molar-refractivity contribution in [3.05, 3.63) is 17.7 Å². The number of rotatable bonds is 4. The molecule has 0 aliphatic rings. The molecule has 0 saturated carbocycles. The fourth-order valence-corrected chi connectivity index (χ4v) is 1.14. The molecule has 1 rings (SSSR count). The van der Waals surface area contributed by atoms with Crippen molar-refractivity contribution < 1.29 is 20.4 Å². The number of aldehydes is 1. The lowest BCUT2D eigenvalue weighted by atomic mass is 10.2. The second kappa shape index (κ2) is 4.50. The van der Waals surface area contributed by atoms with Gasteiger partial charge in [-0.05, 0) is 12.1 Å². The summed E-state index contributed by atoms with van der Waals surface area (Å²) in [6.07, 6.45) is -0.797. The van der Waals surface area contributed by atoms with Crippen LogP contribution in [-0.2, 0) is 0 Å². The Hall–Kier alpha value is -1.71. The first-order valence-corrected chi connectivity index (χ1v) is 3.95. The second-order valence-electron chi connectivity index (χ2n) is 2.52. The summed E-state index contributed by atoms with van der Waals surface area (Å²) < 4.78 is 22.1. The lowest BCUT2D eigenvalue weighted by Gasteiger charge is -2.11. The van der Waals surface area contributed by atoms with Crippen LogP contribution in [0, 0.1) is 0 Å². The fraction of sp³-hybridized carbons (Fsp3) is 0.300. The van der Waals surface area contributed by atoms with E-state index >= 15 is 0 Å². The Morgan fingerprint density at radius 3 is 1.93 bits per heavy atom. The first kappa shape index (κ1) is 8.87. The van der Waals surface area contributed by atoms with Crippen LogP contribution < -0.4 is 14.2 Å². The third kappa shape index (κ3) is 1.79. The largest absolute Gasteiger partial charge is 0.493 e. The van der Waals surface area contributed by atoms with Gasteiger partial charge in [0.05, 0.1) is 21.3 Å². The molecule has 14 heavy (non-hydrogen) atoms. The first-order valence-electron chi connectivity index (χ1n) is 4.45. The Morgan fingerprint density at radius 1 is 1.14 bits per heavy atom. The molecule has 0 fully saturated rings. The number of carbonyl (C=O) groups is 1. The molecule has 0 aromatic heterocycles. The van der Waals surface area contributed by atoms with Crippen LogP contribution in [0.4, 0.5) is 0 Å². The van der Waals surface area contributed by atoms with Gasteiger partial charge in [0.1, 0.15) is 7.63 Å². The van der Waals surface area contributed by atoms with E-state index in [4.69, 9.17) is 15.6 Å². The molecule has 0 N–H and O–H groups in total. The zero-order valence-electron chi connectivity index (χ0n) is 9.29. The zero-order chi connectivity index (χ0) is 11.4. The topological polar surface area (TPSA) is 44.8 Å². The highest BCUT2D eigenvalue weighted by Crippen LogP contribution is 2.37. The highest BCUT2D eigenvalue weighted by atomic mass is 16.5. The van der Waals surface area contributed by atoms with Crippen molar-refractivity contribution in [3.8, 4) is 17.2 Å². The maximum absolute atomic E-state index is 10.9. The van der Waals surface area contributed by atoms with E-state index in [-0.39, 0.29) is 5.56 Å². The van der Waals surface area contributed by atoms with Gasteiger partial charge in [-0.25, -0.2) is 0 Å². The summed E-state index contributed by atoms with van der Waals surface area (Å²) in [6, 6.07) is 2.88. The van der Waals surface area contributed by atoms with Crippen molar-refractivity contribution in [2.45, 2.75) is 0 Å². The predicted molar refractivity (Wildman–Crippen MR) is 51.5 cm³/mol. The molecular formula is C10H12O4. The molecule has 1 aromatic rings. The molecule has 0 aliphatic heterocycles. The van der Waals surface area contributed by atoms with Crippen molar-refractivity contribution >= 4 is 6.26 Å². The van der Waals surface area contributed by atoms with Crippen LogP contribution in [0.15, 0.2) is 12.1 Å². The Balaban J connectivity index is 3.35. The van der Waals surface area contributed by atoms with E-state index < -0.39 is 6.26 Å². The van der Waals surface area contributed by atoms with Crippen LogP contribution in [0.5, 0.6) is 17.2 Å². The smallest absolute Gasteiger partial charge is 0.203 e. The van der Waals surface area contributed by atoms with Crippen LogP contribution >= 0.6 is 0 Å². The molecule has 0 spiro atoms. The van der Waals surface area contributed by atoms with Gasteiger partial charge in [0.15, 0.2) is 11.5 Å². The molecule has 4 nitrogen and oxygen atoms in total. The van der Waals surface area contributed by atoms with Crippen LogP contribution in [0.1, 0.15) is 11.7 Å². The fourth-order valence-electron chi connectivity index (χ4n) is 1.14. The molecule has 0 unspecified atom stereocenters. The van der Waals surface area contributed by atoms with E-state index in [9.17, 15) is 4.79 Å². The highest BCUT2D eigenvalue weighted by Gasteiger charge is 2.12. The third-order valence-corrected chi connectivity index (χ3v) is 1.78. The van der Waals surface area contributed by atoms with Crippen molar-refractivity contribution in [1.82, 2.24) is 0 Å². The maximum atomic E-state index is 10.9. The highest BCUT2D eigenvalue weighted by molar-refractivity contribution is 5.78. The van der Waals surface area contributed by atoms with Gasteiger partial charge >= 0.3 is 0 Å². The number of methoxy groups -OCH3 is 3. The number of carbonyl (C=O) groups excluding carboxylic acids is 1. The predicted octanol–water partition coefficient (Wildman–Crippen LogP) is 1.52. The van der Waals surface area contributed by atoms with Crippen LogP contribution in [0.2, 0.25) is 0 Å². The molecule has 0 aliphatic carbocycles. The summed E-state index contributed by atoms with van der Waals surface area (Å²) in [5, 5.41) is 0. The van der Waals surface area contributed by atoms with Crippen molar-refractivity contribution in [1.29, 1.82) is 0 Å². The monoisotopic (exact) mass is 197 g/mol. The van der Waals surface area contributed by atoms with E-state index in [0.717, 1.165) is 0 Å². The molecule has 0 heterocycles. The quantitative estimate of drug-likeness (QED) is 0.686. The summed E-state index contributed by atoms with van der Waals surface area (Å²) in [7, 11) is 4.38. The normalized spacial score (nSPS) is 10.4. The minimum absolute atomic E-state index is 0.199. The van der Waals surface area contributed by atoms with Gasteiger partial charge < -0.3 is 14.2 Å². The average Bonchev–Trinajstić information content (AvgIpc) is 2.26. The maximum Gasteiger partial charge on any atom is 0.203 e. The van der Waals surface area contributed by atoms with Gasteiger partial charge in [-0.2, -0.15) is 0 Å². The number of benzene rings is 1. The van der Waals surface area contributed by atoms with Crippen molar-refractivity contribution in [2.24, 2.45) is 0 Å². The van der Waals surface area contributed by atoms with Crippen LogP contribution in [0.3, 0.4) is 0 Å². The van der Waals surface area contributed by atoms with Gasteiger partial charge in [-0.1, -0.05) is 0 Å². The summed E-state index contributed by atoms with van der Waals surface area (Å²) >= 11 is 0. The van der Waals surface area contributed by atoms with Gasteiger partial charge in [-0.15, -0.1) is 0 Å². The molecule has 0 radical (unpaired) electrons. The molecule has 0 atom stereocenters. The Morgan fingerprint density at radius 2 is 1.64 bits per heavy atom. The summed E-state index contributed by atoms with van der Waals surface area (Å²) in [5.74, 6) is 1.14. The SMILES string of the molecule is [2H]C(=O)c1cc(OC)c(OC)c(OC)c1. The molecule has 4 heteroatoms. The van der Waals surface area contributed by atoms with Crippen LogP contribution in [0.25, 0.3) is 0 Å². The Bertz CT molecular complexity index is 351. The molecular weight excluding hydrogens is 184 g/mol. The van der Waals surface area contributed by atoms with Gasteiger partial charge in [0, 0.05) is 5.56 Å². The molecule has 76 valence electrons. The van der Waals surface area contributed by atoms with E-state index in [2.05, 4.69) is 0 Å². The lowest BCUT2D eigenvalue weighted by molar-refractivity contribution is 0.112.